The van der Waals surface area contributed by atoms with Crippen molar-refractivity contribution >= 4 is 8.24 Å². The Hall–Kier alpha value is -0.0831. The second-order valence-electron chi connectivity index (χ2n) is 2.32. The first kappa shape index (κ1) is 6.92. The molecule has 0 aromatic carbocycles. The van der Waals surface area contributed by atoms with Crippen LogP contribution in [0.1, 0.15) is 6.92 Å². The number of nitrogens with two attached hydrogens (primary N) is 1. The van der Waals surface area contributed by atoms with Gasteiger partial charge in [-0.3, -0.25) is 0 Å². The number of rotatable bonds is 1. The third-order valence-corrected chi connectivity index (χ3v) is 1.79. The van der Waals surface area contributed by atoms with Gasteiger partial charge in [0.1, 0.15) is 8.24 Å². The highest BCUT2D eigenvalue weighted by Crippen LogP contribution is 1.91. The van der Waals surface area contributed by atoms with E-state index in [1.54, 1.807) is 0 Å². The summed E-state index contributed by atoms with van der Waals surface area (Å²) in [4.78, 5) is 0. The smallest absolute Gasteiger partial charge is 0.141 e. The Labute approximate surface area is 46.3 Å². The van der Waals surface area contributed by atoms with Crippen LogP contribution in [0.3, 0.4) is 0 Å². The maximum atomic E-state index is 5.70. The molecule has 7 heavy (non-hydrogen) atoms. The first-order valence-electron chi connectivity index (χ1n) is 2.49. The quantitative estimate of drug-likeness (QED) is 0.512. The normalized spacial score (nSPS) is 13.1. The molecular weight excluding hydrogens is 102 g/mol. The summed E-state index contributed by atoms with van der Waals surface area (Å²) in [6, 6.07) is 0. The molecule has 42 valence electrons. The van der Waals surface area contributed by atoms with E-state index in [4.69, 9.17) is 5.40 Å². The van der Waals surface area contributed by atoms with Gasteiger partial charge in [0.25, 0.3) is 0 Å². The molecule has 2 heteroatoms. The standard InChI is InChI=1S/C5H13NSi/c1-4-5-7(2,3)6/h4-5H,6H2,1-3H3. The Morgan fingerprint density at radius 2 is 1.86 bits per heavy atom. The molecule has 1 nitrogen and oxygen atoms in total. The highest BCUT2D eigenvalue weighted by molar-refractivity contribution is 6.79. The summed E-state index contributed by atoms with van der Waals surface area (Å²) in [5, 5.41) is 5.70. The van der Waals surface area contributed by atoms with E-state index in [9.17, 15) is 0 Å². The van der Waals surface area contributed by atoms with Gasteiger partial charge >= 0.3 is 0 Å². The van der Waals surface area contributed by atoms with Gasteiger partial charge in [-0.1, -0.05) is 24.9 Å². The van der Waals surface area contributed by atoms with Crippen LogP contribution in [0, 0.1) is 0 Å². The van der Waals surface area contributed by atoms with Crippen LogP contribution in [0.4, 0.5) is 0 Å². The number of hydrogen-bond donors (Lipinski definition) is 1. The van der Waals surface area contributed by atoms with E-state index in [2.05, 4.69) is 18.8 Å². The maximum Gasteiger partial charge on any atom is 0.141 e. The summed E-state index contributed by atoms with van der Waals surface area (Å²) in [5.41, 5.74) is 2.10. The highest BCUT2D eigenvalue weighted by Gasteiger charge is 2.05. The molecule has 0 fully saturated rings. The minimum Gasteiger partial charge on any atom is -0.348 e. The summed E-state index contributed by atoms with van der Waals surface area (Å²) in [7, 11) is -1.34. The van der Waals surface area contributed by atoms with Gasteiger partial charge in [-0.15, -0.1) is 0 Å². The minimum atomic E-state index is -1.34. The molecule has 0 atom stereocenters. The Kier molecular flexibility index (Phi) is 2.26. The molecule has 0 aliphatic heterocycles. The van der Waals surface area contributed by atoms with Crippen LogP contribution in [0.25, 0.3) is 0 Å². The van der Waals surface area contributed by atoms with Crippen LogP contribution < -0.4 is 5.40 Å². The van der Waals surface area contributed by atoms with Crippen LogP contribution in [0.5, 0.6) is 0 Å². The molecule has 0 rings (SSSR count). The second-order valence-corrected chi connectivity index (χ2v) is 6.30. The average molecular weight is 115 g/mol. The van der Waals surface area contributed by atoms with Crippen LogP contribution in [-0.4, -0.2) is 8.24 Å². The summed E-state index contributed by atoms with van der Waals surface area (Å²) in [6.45, 7) is 6.21. The zero-order chi connectivity index (χ0) is 5.91. The van der Waals surface area contributed by atoms with Gasteiger partial charge in [0.2, 0.25) is 0 Å². The Morgan fingerprint density at radius 3 is 1.86 bits per heavy atom. The van der Waals surface area contributed by atoms with Crippen molar-refractivity contribution in [3.63, 3.8) is 0 Å². The van der Waals surface area contributed by atoms with Crippen molar-refractivity contribution in [2.75, 3.05) is 0 Å². The summed E-state index contributed by atoms with van der Waals surface area (Å²) >= 11 is 0. The van der Waals surface area contributed by atoms with Crippen molar-refractivity contribution in [1.82, 2.24) is 0 Å². The van der Waals surface area contributed by atoms with E-state index in [-0.39, 0.29) is 0 Å². The van der Waals surface area contributed by atoms with Crippen LogP contribution >= 0.6 is 0 Å². The largest absolute Gasteiger partial charge is 0.348 e. The molecule has 0 bridgehead atoms. The van der Waals surface area contributed by atoms with E-state index < -0.39 is 8.24 Å². The van der Waals surface area contributed by atoms with E-state index in [1.165, 1.54) is 0 Å². The lowest BCUT2D eigenvalue weighted by Crippen LogP contribution is -2.35. The third kappa shape index (κ3) is 5.92. The Balaban J connectivity index is 3.56. The lowest BCUT2D eigenvalue weighted by molar-refractivity contribution is 1.61. The van der Waals surface area contributed by atoms with Crippen LogP contribution in [0.15, 0.2) is 11.8 Å². The van der Waals surface area contributed by atoms with Gasteiger partial charge in [0.05, 0.1) is 0 Å². The van der Waals surface area contributed by atoms with Crippen molar-refractivity contribution in [2.24, 2.45) is 5.40 Å². The van der Waals surface area contributed by atoms with Crippen LogP contribution in [-0.2, 0) is 0 Å². The number of hydrogen-bond acceptors (Lipinski definition) is 1. The summed E-state index contributed by atoms with van der Waals surface area (Å²) in [6.07, 6.45) is 2.02. The first-order valence-corrected chi connectivity index (χ1v) is 5.64. The van der Waals surface area contributed by atoms with E-state index in [0.29, 0.717) is 0 Å². The maximum absolute atomic E-state index is 5.70. The van der Waals surface area contributed by atoms with Gasteiger partial charge in [0.15, 0.2) is 0 Å². The van der Waals surface area contributed by atoms with Crippen LogP contribution in [0.2, 0.25) is 13.1 Å². The summed E-state index contributed by atoms with van der Waals surface area (Å²) in [5.74, 6) is 0. The molecule has 0 saturated heterocycles. The predicted molar refractivity (Wildman–Crippen MR) is 36.5 cm³/mol. The van der Waals surface area contributed by atoms with E-state index >= 15 is 0 Å². The fraction of sp³-hybridized carbons (Fsp3) is 0.600. The molecule has 0 spiro atoms. The zero-order valence-electron chi connectivity index (χ0n) is 5.23. The monoisotopic (exact) mass is 115 g/mol. The molecule has 0 saturated carbocycles. The Bertz CT molecular complexity index is 70.6. The van der Waals surface area contributed by atoms with Crippen molar-refractivity contribution in [2.45, 2.75) is 20.0 Å². The van der Waals surface area contributed by atoms with Gasteiger partial charge in [0, 0.05) is 0 Å². The summed E-state index contributed by atoms with van der Waals surface area (Å²) < 4.78 is 0. The molecule has 0 aliphatic carbocycles. The first-order chi connectivity index (χ1) is 3.06. The number of allylic oxidation sites excluding steroid dienone is 1. The lowest BCUT2D eigenvalue weighted by atomic mass is 10.8. The van der Waals surface area contributed by atoms with Crippen molar-refractivity contribution in [3.05, 3.63) is 11.8 Å². The van der Waals surface area contributed by atoms with Crippen molar-refractivity contribution < 1.29 is 0 Å². The second kappa shape index (κ2) is 2.28. The third-order valence-electron chi connectivity index (χ3n) is 0.596. The molecule has 0 amide bonds. The molecule has 0 aromatic rings. The van der Waals surface area contributed by atoms with E-state index in [1.807, 2.05) is 13.0 Å². The van der Waals surface area contributed by atoms with Crippen molar-refractivity contribution in [3.8, 4) is 0 Å². The molecule has 0 heterocycles. The molecule has 0 aromatic heterocycles. The Morgan fingerprint density at radius 1 is 1.43 bits per heavy atom. The molecule has 0 radical (unpaired) electrons. The molecule has 0 aliphatic rings. The van der Waals surface area contributed by atoms with Gasteiger partial charge < -0.3 is 5.40 Å². The topological polar surface area (TPSA) is 26.0 Å². The zero-order valence-corrected chi connectivity index (χ0v) is 6.23. The SMILES string of the molecule is CC=C[Si](C)(C)N. The molecular formula is C5H13NSi. The van der Waals surface area contributed by atoms with Crippen molar-refractivity contribution in [1.29, 1.82) is 0 Å². The van der Waals surface area contributed by atoms with Gasteiger partial charge in [-0.2, -0.15) is 0 Å². The fourth-order valence-corrected chi connectivity index (χ4v) is 1.29. The fourth-order valence-electron chi connectivity index (χ4n) is 0.430. The minimum absolute atomic E-state index is 1.34. The van der Waals surface area contributed by atoms with Gasteiger partial charge in [-0.25, -0.2) is 0 Å². The van der Waals surface area contributed by atoms with E-state index in [0.717, 1.165) is 0 Å². The van der Waals surface area contributed by atoms with Gasteiger partial charge in [-0.05, 0) is 6.92 Å². The molecule has 2 N–H and O–H groups in total. The highest BCUT2D eigenvalue weighted by atomic mass is 28.3. The predicted octanol–water partition coefficient (Wildman–Crippen LogP) is 1.27. The molecule has 0 unspecified atom stereocenters. The average Bonchev–Trinajstić information content (AvgIpc) is 1.30. The lowest BCUT2D eigenvalue weighted by Gasteiger charge is -2.05.